The van der Waals surface area contributed by atoms with Gasteiger partial charge in [0, 0.05) is 37.1 Å². The van der Waals surface area contributed by atoms with Crippen molar-refractivity contribution >= 4 is 23.4 Å². The van der Waals surface area contributed by atoms with E-state index in [1.165, 1.54) is 0 Å². The van der Waals surface area contributed by atoms with Crippen molar-refractivity contribution in [1.82, 2.24) is 19.8 Å². The number of aromatic nitrogens is 2. The number of benzene rings is 1. The monoisotopic (exact) mass is 422 g/mol. The fourth-order valence-corrected chi connectivity index (χ4v) is 3.88. The molecule has 0 radical (unpaired) electrons. The van der Waals surface area contributed by atoms with E-state index in [1.54, 1.807) is 35.5 Å². The third kappa shape index (κ3) is 4.54. The standard InChI is InChI=1S/C23H23ClN4O2/c24-19-9-7-17(8-10-19)14-26-22(29)18-4-2-12-27(16-18)23(30)21-6-3-13-28(21)20-5-1-11-25-15-20/h1,3,5-11,13,15,18H,2,4,12,14,16H2,(H,26,29)/t18-/m1/s1. The molecule has 2 aromatic heterocycles. The lowest BCUT2D eigenvalue weighted by Gasteiger charge is -2.32. The quantitative estimate of drug-likeness (QED) is 0.681. The summed E-state index contributed by atoms with van der Waals surface area (Å²) in [5, 5.41) is 3.66. The largest absolute Gasteiger partial charge is 0.352 e. The van der Waals surface area contributed by atoms with Gasteiger partial charge in [0.15, 0.2) is 0 Å². The smallest absolute Gasteiger partial charge is 0.270 e. The van der Waals surface area contributed by atoms with Crippen LogP contribution in [0.4, 0.5) is 0 Å². The van der Waals surface area contributed by atoms with Crippen LogP contribution in [0.25, 0.3) is 5.69 Å². The second kappa shape index (κ2) is 9.13. The first kappa shape index (κ1) is 20.2. The van der Waals surface area contributed by atoms with Gasteiger partial charge in [0.1, 0.15) is 5.69 Å². The van der Waals surface area contributed by atoms with Gasteiger partial charge in [0.2, 0.25) is 5.91 Å². The Labute approximate surface area is 180 Å². The zero-order valence-electron chi connectivity index (χ0n) is 16.5. The van der Waals surface area contributed by atoms with Gasteiger partial charge in [-0.05, 0) is 54.8 Å². The summed E-state index contributed by atoms with van der Waals surface area (Å²) in [5.41, 5.74) is 2.40. The maximum Gasteiger partial charge on any atom is 0.270 e. The molecule has 1 aromatic carbocycles. The summed E-state index contributed by atoms with van der Waals surface area (Å²) in [7, 11) is 0. The highest BCUT2D eigenvalue weighted by Crippen LogP contribution is 2.21. The van der Waals surface area contributed by atoms with Crippen molar-refractivity contribution < 1.29 is 9.59 Å². The number of hydrogen-bond acceptors (Lipinski definition) is 3. The minimum Gasteiger partial charge on any atom is -0.352 e. The number of nitrogens with zero attached hydrogens (tertiary/aromatic N) is 3. The molecule has 1 saturated heterocycles. The number of piperidine rings is 1. The Morgan fingerprint density at radius 2 is 1.97 bits per heavy atom. The average Bonchev–Trinajstić information content (AvgIpc) is 3.28. The lowest BCUT2D eigenvalue weighted by molar-refractivity contribution is -0.126. The van der Waals surface area contributed by atoms with Crippen LogP contribution < -0.4 is 5.32 Å². The van der Waals surface area contributed by atoms with Crippen molar-refractivity contribution in [2.24, 2.45) is 5.92 Å². The highest BCUT2D eigenvalue weighted by molar-refractivity contribution is 6.30. The van der Waals surface area contributed by atoms with Crippen LogP contribution in [0.2, 0.25) is 5.02 Å². The van der Waals surface area contributed by atoms with Gasteiger partial charge in [-0.2, -0.15) is 0 Å². The number of halogens is 1. The van der Waals surface area contributed by atoms with E-state index in [-0.39, 0.29) is 17.7 Å². The summed E-state index contributed by atoms with van der Waals surface area (Å²) in [4.78, 5) is 31.8. The van der Waals surface area contributed by atoms with Gasteiger partial charge in [-0.3, -0.25) is 14.6 Å². The molecule has 1 atom stereocenters. The van der Waals surface area contributed by atoms with Crippen molar-refractivity contribution in [1.29, 1.82) is 0 Å². The van der Waals surface area contributed by atoms with E-state index in [4.69, 9.17) is 11.6 Å². The van der Waals surface area contributed by atoms with E-state index in [2.05, 4.69) is 10.3 Å². The third-order valence-corrected chi connectivity index (χ3v) is 5.60. The maximum atomic E-state index is 13.2. The first-order chi connectivity index (χ1) is 14.6. The van der Waals surface area contributed by atoms with Crippen LogP contribution in [0.1, 0.15) is 28.9 Å². The Morgan fingerprint density at radius 1 is 1.13 bits per heavy atom. The fraction of sp³-hybridized carbons (Fsp3) is 0.261. The van der Waals surface area contributed by atoms with Crippen molar-refractivity contribution in [2.45, 2.75) is 19.4 Å². The van der Waals surface area contributed by atoms with E-state index in [0.717, 1.165) is 24.1 Å². The molecule has 1 aliphatic rings. The number of nitrogens with one attached hydrogen (secondary N) is 1. The Balaban J connectivity index is 1.40. The summed E-state index contributed by atoms with van der Waals surface area (Å²) in [6.45, 7) is 1.52. The molecule has 7 heteroatoms. The summed E-state index contributed by atoms with van der Waals surface area (Å²) in [5.74, 6) is -0.305. The van der Waals surface area contributed by atoms with Gasteiger partial charge in [0.05, 0.1) is 17.8 Å². The highest BCUT2D eigenvalue weighted by Gasteiger charge is 2.30. The van der Waals surface area contributed by atoms with Crippen LogP contribution in [0.5, 0.6) is 0 Å². The number of hydrogen-bond donors (Lipinski definition) is 1. The summed E-state index contributed by atoms with van der Waals surface area (Å²) >= 11 is 5.90. The number of rotatable bonds is 5. The molecule has 0 saturated carbocycles. The van der Waals surface area contributed by atoms with Gasteiger partial charge in [-0.1, -0.05) is 23.7 Å². The molecule has 1 N–H and O–H groups in total. The van der Waals surface area contributed by atoms with Crippen molar-refractivity contribution in [3.63, 3.8) is 0 Å². The first-order valence-electron chi connectivity index (χ1n) is 10.0. The molecular weight excluding hydrogens is 400 g/mol. The Hall–Kier alpha value is -3.12. The van der Waals surface area contributed by atoms with Crippen LogP contribution in [0.3, 0.4) is 0 Å². The topological polar surface area (TPSA) is 67.2 Å². The predicted octanol–water partition coefficient (Wildman–Crippen LogP) is 3.69. The van der Waals surface area contributed by atoms with Crippen LogP contribution in [-0.2, 0) is 11.3 Å². The zero-order chi connectivity index (χ0) is 20.9. The second-order valence-corrected chi connectivity index (χ2v) is 7.85. The molecule has 2 amide bonds. The Morgan fingerprint density at radius 3 is 2.73 bits per heavy atom. The van der Waals surface area contributed by atoms with Gasteiger partial charge < -0.3 is 14.8 Å². The van der Waals surface area contributed by atoms with Crippen LogP contribution in [0, 0.1) is 5.92 Å². The fourth-order valence-electron chi connectivity index (χ4n) is 3.75. The van der Waals surface area contributed by atoms with Gasteiger partial charge in [0.25, 0.3) is 5.91 Å². The minimum absolute atomic E-state index is 0.0231. The summed E-state index contributed by atoms with van der Waals surface area (Å²) in [6, 6.07) is 14.8. The molecular formula is C23H23ClN4O2. The van der Waals surface area contributed by atoms with E-state index in [1.807, 2.05) is 41.1 Å². The zero-order valence-corrected chi connectivity index (χ0v) is 17.3. The molecule has 4 rings (SSSR count). The summed E-state index contributed by atoms with van der Waals surface area (Å²) in [6.07, 6.45) is 6.86. The Kier molecular flexibility index (Phi) is 6.14. The molecule has 0 bridgehead atoms. The van der Waals surface area contributed by atoms with E-state index in [9.17, 15) is 9.59 Å². The van der Waals surface area contributed by atoms with E-state index < -0.39 is 0 Å². The lowest BCUT2D eigenvalue weighted by Crippen LogP contribution is -2.45. The number of amides is 2. The highest BCUT2D eigenvalue weighted by atomic mass is 35.5. The van der Waals surface area contributed by atoms with Crippen LogP contribution in [-0.4, -0.2) is 39.4 Å². The molecule has 1 aliphatic heterocycles. The first-order valence-corrected chi connectivity index (χ1v) is 10.4. The molecule has 3 aromatic rings. The minimum atomic E-state index is -0.211. The number of carbonyl (C=O) groups is 2. The number of carbonyl (C=O) groups excluding carboxylic acids is 2. The molecule has 0 spiro atoms. The molecule has 0 aliphatic carbocycles. The van der Waals surface area contributed by atoms with Crippen molar-refractivity contribution in [2.75, 3.05) is 13.1 Å². The van der Waals surface area contributed by atoms with Crippen LogP contribution in [0.15, 0.2) is 67.1 Å². The molecule has 0 unspecified atom stereocenters. The second-order valence-electron chi connectivity index (χ2n) is 7.41. The SMILES string of the molecule is O=C(NCc1ccc(Cl)cc1)[C@@H]1CCCN(C(=O)c2cccn2-c2cccnc2)C1. The van der Waals surface area contributed by atoms with Gasteiger partial charge in [-0.15, -0.1) is 0 Å². The number of likely N-dealkylation sites (tertiary alicyclic amines) is 1. The average molecular weight is 423 g/mol. The van der Waals surface area contributed by atoms with Crippen LogP contribution >= 0.6 is 11.6 Å². The number of pyridine rings is 1. The predicted molar refractivity (Wildman–Crippen MR) is 115 cm³/mol. The maximum absolute atomic E-state index is 13.2. The Bertz CT molecular complexity index is 1020. The molecule has 1 fully saturated rings. The normalized spacial score (nSPS) is 16.3. The van der Waals surface area contributed by atoms with Crippen molar-refractivity contribution in [3.05, 3.63) is 83.4 Å². The van der Waals surface area contributed by atoms with Gasteiger partial charge >= 0.3 is 0 Å². The lowest BCUT2D eigenvalue weighted by atomic mass is 9.96. The molecule has 154 valence electrons. The van der Waals surface area contributed by atoms with Gasteiger partial charge in [-0.25, -0.2) is 0 Å². The van der Waals surface area contributed by atoms with Crippen molar-refractivity contribution in [3.8, 4) is 5.69 Å². The molecule has 6 nitrogen and oxygen atoms in total. The summed E-state index contributed by atoms with van der Waals surface area (Å²) < 4.78 is 1.83. The molecule has 30 heavy (non-hydrogen) atoms. The third-order valence-electron chi connectivity index (χ3n) is 5.35. The van der Waals surface area contributed by atoms with E-state index >= 15 is 0 Å². The molecule has 3 heterocycles. The van der Waals surface area contributed by atoms with E-state index in [0.29, 0.717) is 30.4 Å².